The third-order valence-corrected chi connectivity index (χ3v) is 3.48. The van der Waals surface area contributed by atoms with E-state index < -0.39 is 0 Å². The molecule has 3 rings (SSSR count). The highest BCUT2D eigenvalue weighted by Gasteiger charge is 2.34. The van der Waals surface area contributed by atoms with E-state index >= 15 is 0 Å². The highest BCUT2D eigenvalue weighted by Crippen LogP contribution is 2.34. The van der Waals surface area contributed by atoms with E-state index in [1.165, 1.54) is 25.9 Å². The molecule has 0 N–H and O–H groups in total. The van der Waals surface area contributed by atoms with Gasteiger partial charge in [-0.25, -0.2) is 4.68 Å². The zero-order chi connectivity index (χ0) is 9.54. The molecule has 2 fully saturated rings. The predicted octanol–water partition coefficient (Wildman–Crippen LogP) is 0.0193. The predicted molar refractivity (Wildman–Crippen MR) is 50.7 cm³/mol. The topological polar surface area (TPSA) is 46.8 Å². The van der Waals surface area contributed by atoms with Gasteiger partial charge < -0.3 is 4.90 Å². The summed E-state index contributed by atoms with van der Waals surface area (Å²) in [6.07, 6.45) is 2.63. The van der Waals surface area contributed by atoms with Crippen LogP contribution in [0.1, 0.15) is 24.6 Å². The Balaban J connectivity index is 1.84. The van der Waals surface area contributed by atoms with Crippen LogP contribution in [0, 0.1) is 5.92 Å². The van der Waals surface area contributed by atoms with E-state index in [2.05, 4.69) is 20.4 Å². The maximum absolute atomic E-state index is 4.11. The summed E-state index contributed by atoms with van der Waals surface area (Å²) in [5.74, 6) is 2.49. The fourth-order valence-corrected chi connectivity index (χ4v) is 2.83. The number of hydrogen-bond acceptors (Lipinski definition) is 4. The summed E-state index contributed by atoms with van der Waals surface area (Å²) in [4.78, 5) is 2.54. The van der Waals surface area contributed by atoms with Crippen LogP contribution >= 0.6 is 0 Å². The van der Waals surface area contributed by atoms with Gasteiger partial charge in [-0.1, -0.05) is 0 Å². The summed E-state index contributed by atoms with van der Waals surface area (Å²) in [6, 6.07) is 0. The number of piperidine rings is 1. The van der Waals surface area contributed by atoms with Crippen LogP contribution in [0.2, 0.25) is 0 Å². The summed E-state index contributed by atoms with van der Waals surface area (Å²) in [6.45, 7) is 3.71. The SMILES string of the molecule is Cn1nnnc1C1CC2CCN(C2)C1. The molecule has 5 heteroatoms. The van der Waals surface area contributed by atoms with Gasteiger partial charge in [0.15, 0.2) is 5.82 Å². The Morgan fingerprint density at radius 2 is 2.29 bits per heavy atom. The fourth-order valence-electron chi connectivity index (χ4n) is 2.83. The van der Waals surface area contributed by atoms with Crippen molar-refractivity contribution in [2.75, 3.05) is 19.6 Å². The number of fused-ring (bicyclic) bond motifs is 2. The molecule has 5 nitrogen and oxygen atoms in total. The lowest BCUT2D eigenvalue weighted by Crippen LogP contribution is -2.33. The van der Waals surface area contributed by atoms with Gasteiger partial charge in [0, 0.05) is 26.1 Å². The van der Waals surface area contributed by atoms with Crippen molar-refractivity contribution in [1.29, 1.82) is 0 Å². The van der Waals surface area contributed by atoms with Gasteiger partial charge in [0.05, 0.1) is 0 Å². The molecule has 2 saturated heterocycles. The summed E-state index contributed by atoms with van der Waals surface area (Å²) in [5, 5.41) is 11.7. The molecule has 3 atom stereocenters. The highest BCUT2D eigenvalue weighted by molar-refractivity contribution is 5.00. The standard InChI is InChI=1S/C9H15N5/c1-13-9(10-11-12-13)8-4-7-2-3-14(5-7)6-8/h7-8H,2-6H2,1H3. The molecule has 2 bridgehead atoms. The first-order valence-electron chi connectivity index (χ1n) is 5.27. The van der Waals surface area contributed by atoms with Crippen LogP contribution in [-0.2, 0) is 7.05 Å². The van der Waals surface area contributed by atoms with E-state index in [0.29, 0.717) is 5.92 Å². The van der Waals surface area contributed by atoms with Crippen molar-refractivity contribution in [2.45, 2.75) is 18.8 Å². The molecular formula is C9H15N5. The second-order valence-corrected chi connectivity index (χ2v) is 4.51. The largest absolute Gasteiger partial charge is 0.302 e. The van der Waals surface area contributed by atoms with Crippen LogP contribution in [0.4, 0.5) is 0 Å². The van der Waals surface area contributed by atoms with E-state index in [-0.39, 0.29) is 0 Å². The van der Waals surface area contributed by atoms with Crippen LogP contribution in [-0.4, -0.2) is 44.7 Å². The Bertz CT molecular complexity index is 322. The van der Waals surface area contributed by atoms with Crippen LogP contribution in [0.15, 0.2) is 0 Å². The first-order valence-corrected chi connectivity index (χ1v) is 5.27. The molecule has 0 aromatic carbocycles. The number of nitrogens with zero attached hydrogens (tertiary/aromatic N) is 5. The monoisotopic (exact) mass is 193 g/mol. The van der Waals surface area contributed by atoms with E-state index in [0.717, 1.165) is 18.3 Å². The Hall–Kier alpha value is -0.970. The van der Waals surface area contributed by atoms with E-state index in [9.17, 15) is 0 Å². The minimum absolute atomic E-state index is 0.552. The number of rotatable bonds is 1. The maximum atomic E-state index is 4.11. The molecular weight excluding hydrogens is 178 g/mol. The number of hydrogen-bond donors (Lipinski definition) is 0. The van der Waals surface area contributed by atoms with Crippen LogP contribution in [0.3, 0.4) is 0 Å². The zero-order valence-corrected chi connectivity index (χ0v) is 8.43. The second-order valence-electron chi connectivity index (χ2n) is 4.51. The van der Waals surface area contributed by atoms with Gasteiger partial charge in [-0.05, 0) is 35.7 Å². The highest BCUT2D eigenvalue weighted by atomic mass is 15.5. The quantitative estimate of drug-likeness (QED) is 0.631. The van der Waals surface area contributed by atoms with E-state index in [1.54, 1.807) is 0 Å². The molecule has 2 aliphatic rings. The minimum atomic E-state index is 0.552. The van der Waals surface area contributed by atoms with Crippen molar-refractivity contribution in [1.82, 2.24) is 25.1 Å². The summed E-state index contributed by atoms with van der Waals surface area (Å²) in [5.41, 5.74) is 0. The van der Waals surface area contributed by atoms with Crippen molar-refractivity contribution < 1.29 is 0 Å². The smallest absolute Gasteiger partial charge is 0.155 e. The lowest BCUT2D eigenvalue weighted by Gasteiger charge is -2.28. The van der Waals surface area contributed by atoms with Gasteiger partial charge in [0.2, 0.25) is 0 Å². The van der Waals surface area contributed by atoms with Crippen LogP contribution in [0.25, 0.3) is 0 Å². The lowest BCUT2D eigenvalue weighted by atomic mass is 9.91. The molecule has 0 radical (unpaired) electrons. The van der Waals surface area contributed by atoms with Crippen LogP contribution in [0.5, 0.6) is 0 Å². The Kier molecular flexibility index (Phi) is 1.80. The fraction of sp³-hybridized carbons (Fsp3) is 0.889. The Morgan fingerprint density at radius 1 is 1.36 bits per heavy atom. The molecule has 3 heterocycles. The lowest BCUT2D eigenvalue weighted by molar-refractivity contribution is 0.235. The molecule has 0 aliphatic carbocycles. The first-order chi connectivity index (χ1) is 6.83. The van der Waals surface area contributed by atoms with Gasteiger partial charge >= 0.3 is 0 Å². The average molecular weight is 193 g/mol. The van der Waals surface area contributed by atoms with Gasteiger partial charge in [-0.15, -0.1) is 5.10 Å². The van der Waals surface area contributed by atoms with Gasteiger partial charge in [0.1, 0.15) is 0 Å². The molecule has 3 unspecified atom stereocenters. The molecule has 76 valence electrons. The molecule has 2 aliphatic heterocycles. The summed E-state index contributed by atoms with van der Waals surface area (Å²) >= 11 is 0. The zero-order valence-electron chi connectivity index (χ0n) is 8.43. The summed E-state index contributed by atoms with van der Waals surface area (Å²) in [7, 11) is 1.93. The van der Waals surface area contributed by atoms with E-state index in [1.807, 2.05) is 11.7 Å². The number of tetrazole rings is 1. The Morgan fingerprint density at radius 3 is 3.00 bits per heavy atom. The molecule has 14 heavy (non-hydrogen) atoms. The van der Waals surface area contributed by atoms with E-state index in [4.69, 9.17) is 0 Å². The normalized spacial score (nSPS) is 36.2. The van der Waals surface area contributed by atoms with Gasteiger partial charge in [-0.3, -0.25) is 0 Å². The third-order valence-electron chi connectivity index (χ3n) is 3.48. The molecule has 0 spiro atoms. The number of aromatic nitrogens is 4. The van der Waals surface area contributed by atoms with Crippen molar-refractivity contribution in [3.8, 4) is 0 Å². The van der Waals surface area contributed by atoms with Crippen molar-refractivity contribution in [2.24, 2.45) is 13.0 Å². The van der Waals surface area contributed by atoms with Crippen molar-refractivity contribution in [3.05, 3.63) is 5.82 Å². The molecule has 1 aromatic heterocycles. The summed E-state index contributed by atoms with van der Waals surface area (Å²) < 4.78 is 1.82. The van der Waals surface area contributed by atoms with Crippen molar-refractivity contribution in [3.63, 3.8) is 0 Å². The third kappa shape index (κ3) is 1.23. The van der Waals surface area contributed by atoms with Crippen molar-refractivity contribution >= 4 is 0 Å². The first kappa shape index (κ1) is 8.35. The molecule has 0 saturated carbocycles. The van der Waals surface area contributed by atoms with Gasteiger partial charge in [-0.2, -0.15) is 0 Å². The Labute approximate surface area is 83.1 Å². The van der Waals surface area contributed by atoms with Gasteiger partial charge in [0.25, 0.3) is 0 Å². The minimum Gasteiger partial charge on any atom is -0.302 e. The van der Waals surface area contributed by atoms with Crippen LogP contribution < -0.4 is 0 Å². The average Bonchev–Trinajstić information content (AvgIpc) is 2.73. The second kappa shape index (κ2) is 3.02. The maximum Gasteiger partial charge on any atom is 0.155 e. The molecule has 1 aromatic rings. The molecule has 0 amide bonds. The number of aryl methyl sites for hydroxylation is 1.